The molecule has 0 aromatic heterocycles. The van der Waals surface area contributed by atoms with Crippen LogP contribution in [0.25, 0.3) is 0 Å². The summed E-state index contributed by atoms with van der Waals surface area (Å²) in [6, 6.07) is 20.3. The number of anilines is 2. The Labute approximate surface area is 240 Å². The monoisotopic (exact) mass is 559 g/mol. The number of fused-ring (bicyclic) bond motifs is 1. The Morgan fingerprint density at radius 1 is 1.02 bits per heavy atom. The molecule has 1 aliphatic heterocycles. The lowest BCUT2D eigenvalue weighted by Crippen LogP contribution is -2.42. The first kappa shape index (κ1) is 27.6. The van der Waals surface area contributed by atoms with Crippen molar-refractivity contribution in [2.45, 2.75) is 39.3 Å². The molecule has 8 heteroatoms. The largest absolute Gasteiger partial charge is 0.493 e. The van der Waals surface area contributed by atoms with Gasteiger partial charge in [0.25, 0.3) is 0 Å². The number of ether oxygens (including phenoxy) is 2. The van der Waals surface area contributed by atoms with Crippen LogP contribution in [0.15, 0.2) is 78.0 Å². The van der Waals surface area contributed by atoms with Crippen LogP contribution in [0.2, 0.25) is 5.02 Å². The molecule has 0 spiro atoms. The molecule has 0 radical (unpaired) electrons. The van der Waals surface area contributed by atoms with Crippen LogP contribution in [0.3, 0.4) is 0 Å². The Bertz CT molecular complexity index is 1480. The molecular formula is C32H34ClN3O4. The van der Waals surface area contributed by atoms with Crippen molar-refractivity contribution in [1.82, 2.24) is 5.32 Å². The van der Waals surface area contributed by atoms with Crippen molar-refractivity contribution in [3.63, 3.8) is 0 Å². The summed E-state index contributed by atoms with van der Waals surface area (Å²) in [6.07, 6.45) is 1.09. The van der Waals surface area contributed by atoms with Crippen LogP contribution in [0.1, 0.15) is 43.9 Å². The summed E-state index contributed by atoms with van der Waals surface area (Å²) >= 11 is 6.33. The van der Waals surface area contributed by atoms with Crippen LogP contribution >= 0.6 is 11.6 Å². The smallest absolute Gasteiger partial charge is 0.239 e. The van der Waals surface area contributed by atoms with Crippen molar-refractivity contribution in [2.75, 3.05) is 31.0 Å². The quantitative estimate of drug-likeness (QED) is 0.354. The number of benzene rings is 3. The number of rotatable bonds is 7. The van der Waals surface area contributed by atoms with Gasteiger partial charge in [-0.15, -0.1) is 0 Å². The van der Waals surface area contributed by atoms with Crippen molar-refractivity contribution in [3.05, 3.63) is 94.1 Å². The predicted molar refractivity (Wildman–Crippen MR) is 158 cm³/mol. The molecule has 0 bridgehead atoms. The molecular weight excluding hydrogens is 526 g/mol. The Morgan fingerprint density at radius 2 is 1.77 bits per heavy atom. The maximum absolute atomic E-state index is 14.0. The lowest BCUT2D eigenvalue weighted by atomic mass is 9.73. The van der Waals surface area contributed by atoms with Gasteiger partial charge in [-0.1, -0.05) is 67.9 Å². The van der Waals surface area contributed by atoms with Crippen LogP contribution in [0.5, 0.6) is 11.5 Å². The van der Waals surface area contributed by atoms with E-state index < -0.39 is 6.04 Å². The van der Waals surface area contributed by atoms with Crippen molar-refractivity contribution in [3.8, 4) is 11.5 Å². The molecule has 40 heavy (non-hydrogen) atoms. The molecule has 208 valence electrons. The zero-order chi connectivity index (χ0) is 28.4. The molecule has 1 unspecified atom stereocenters. The fourth-order valence-electron chi connectivity index (χ4n) is 5.72. The average Bonchev–Trinajstić information content (AvgIpc) is 3.05. The first-order valence-electron chi connectivity index (χ1n) is 13.3. The highest BCUT2D eigenvalue weighted by Crippen LogP contribution is 2.50. The number of nitrogens with one attached hydrogen (secondary N) is 2. The third kappa shape index (κ3) is 5.39. The van der Waals surface area contributed by atoms with E-state index in [0.717, 1.165) is 28.2 Å². The molecule has 1 atom stereocenters. The van der Waals surface area contributed by atoms with E-state index in [9.17, 15) is 9.59 Å². The minimum Gasteiger partial charge on any atom is -0.493 e. The van der Waals surface area contributed by atoms with Crippen LogP contribution in [-0.2, 0) is 16.1 Å². The van der Waals surface area contributed by atoms with Gasteiger partial charge in [0, 0.05) is 34.8 Å². The van der Waals surface area contributed by atoms with Gasteiger partial charge in [-0.25, -0.2) is 0 Å². The number of Topliss-reactive ketones (excluding diaryl/α,β-unsaturated/α-hetero) is 1. The van der Waals surface area contributed by atoms with Gasteiger partial charge in [0.15, 0.2) is 17.3 Å². The van der Waals surface area contributed by atoms with Crippen molar-refractivity contribution in [1.29, 1.82) is 0 Å². The Hall–Kier alpha value is -3.97. The topological polar surface area (TPSA) is 79.9 Å². The zero-order valence-corrected chi connectivity index (χ0v) is 24.0. The number of allylic oxidation sites excluding steroid dienone is 1. The number of carbonyl (C=O) groups excluding carboxylic acids is 2. The van der Waals surface area contributed by atoms with Crippen molar-refractivity contribution < 1.29 is 19.1 Å². The number of hydrogen-bond donors (Lipinski definition) is 2. The van der Waals surface area contributed by atoms with E-state index in [1.165, 1.54) is 0 Å². The predicted octanol–water partition coefficient (Wildman–Crippen LogP) is 6.29. The minimum absolute atomic E-state index is 0.00162. The van der Waals surface area contributed by atoms with Crippen LogP contribution < -0.4 is 25.0 Å². The van der Waals surface area contributed by atoms with E-state index >= 15 is 0 Å². The summed E-state index contributed by atoms with van der Waals surface area (Å²) < 4.78 is 11.5. The molecule has 5 rings (SSSR count). The van der Waals surface area contributed by atoms with Crippen molar-refractivity contribution >= 4 is 34.7 Å². The highest BCUT2D eigenvalue weighted by Gasteiger charge is 2.43. The van der Waals surface area contributed by atoms with Gasteiger partial charge in [-0.05, 0) is 41.7 Å². The zero-order valence-electron chi connectivity index (χ0n) is 23.2. The van der Waals surface area contributed by atoms with E-state index in [1.54, 1.807) is 20.3 Å². The second kappa shape index (κ2) is 11.3. The van der Waals surface area contributed by atoms with Crippen LogP contribution in [0.4, 0.5) is 11.4 Å². The highest BCUT2D eigenvalue weighted by atomic mass is 35.5. The van der Waals surface area contributed by atoms with Gasteiger partial charge in [0.2, 0.25) is 5.91 Å². The molecule has 7 nitrogen and oxygen atoms in total. The standard InChI is InChI=1S/C32H34ClN3O4/c1-32(2)16-24-29(26(37)17-32)30(21-11-9-15-27(39-3)31(21)40-4)36(25-14-8-7-13-23(25)35-24)19-28(38)34-18-20-10-5-6-12-22(20)33/h5-15,30,35H,16-19H2,1-4H3,(H,34,38). The van der Waals surface area contributed by atoms with Crippen molar-refractivity contribution in [2.24, 2.45) is 5.41 Å². The molecule has 2 aliphatic rings. The van der Waals surface area contributed by atoms with Crippen LogP contribution in [-0.4, -0.2) is 32.5 Å². The number of carbonyl (C=O) groups is 2. The molecule has 1 amide bonds. The number of para-hydroxylation sites is 3. The lowest BCUT2D eigenvalue weighted by molar-refractivity contribution is -0.121. The third-order valence-corrected chi connectivity index (χ3v) is 7.85. The van der Waals surface area contributed by atoms with Gasteiger partial charge in [-0.2, -0.15) is 0 Å². The third-order valence-electron chi connectivity index (χ3n) is 7.48. The summed E-state index contributed by atoms with van der Waals surface area (Å²) in [7, 11) is 3.18. The molecule has 0 saturated carbocycles. The second-order valence-electron chi connectivity index (χ2n) is 11.0. The molecule has 1 aliphatic carbocycles. The highest BCUT2D eigenvalue weighted by molar-refractivity contribution is 6.31. The molecule has 1 heterocycles. The summed E-state index contributed by atoms with van der Waals surface area (Å²) in [6.45, 7) is 4.50. The van der Waals surface area contributed by atoms with E-state index in [-0.39, 0.29) is 23.7 Å². The number of halogens is 1. The van der Waals surface area contributed by atoms with Gasteiger partial charge >= 0.3 is 0 Å². The summed E-state index contributed by atoms with van der Waals surface area (Å²) in [5.74, 6) is 0.928. The Balaban J connectivity index is 1.64. The minimum atomic E-state index is -0.592. The van der Waals surface area contributed by atoms with E-state index in [0.29, 0.717) is 41.5 Å². The van der Waals surface area contributed by atoms with Gasteiger partial charge < -0.3 is 25.0 Å². The van der Waals surface area contributed by atoms with Gasteiger partial charge in [-0.3, -0.25) is 9.59 Å². The summed E-state index contributed by atoms with van der Waals surface area (Å²) in [5, 5.41) is 7.19. The Morgan fingerprint density at radius 3 is 2.52 bits per heavy atom. The molecule has 0 saturated heterocycles. The average molecular weight is 560 g/mol. The van der Waals surface area contributed by atoms with Gasteiger partial charge in [0.05, 0.1) is 38.2 Å². The van der Waals surface area contributed by atoms with Gasteiger partial charge in [0.1, 0.15) is 0 Å². The Kier molecular flexibility index (Phi) is 7.76. The number of methoxy groups -OCH3 is 2. The number of ketones is 1. The lowest BCUT2D eigenvalue weighted by Gasteiger charge is -2.38. The molecule has 3 aromatic rings. The molecule has 3 aromatic carbocycles. The fourth-order valence-corrected chi connectivity index (χ4v) is 5.93. The van der Waals surface area contributed by atoms with E-state index in [4.69, 9.17) is 21.1 Å². The molecule has 2 N–H and O–H groups in total. The summed E-state index contributed by atoms with van der Waals surface area (Å²) in [4.78, 5) is 29.5. The maximum atomic E-state index is 14.0. The fraction of sp³-hybridized carbons (Fsp3) is 0.312. The van der Waals surface area contributed by atoms with E-state index in [1.807, 2.05) is 65.6 Å². The summed E-state index contributed by atoms with van der Waals surface area (Å²) in [5.41, 5.74) is 4.52. The molecule has 0 fully saturated rings. The number of amides is 1. The number of nitrogens with zero attached hydrogens (tertiary/aromatic N) is 1. The number of hydrogen-bond acceptors (Lipinski definition) is 6. The first-order valence-corrected chi connectivity index (χ1v) is 13.7. The first-order chi connectivity index (χ1) is 19.2. The normalized spacial score (nSPS) is 17.8. The van der Waals surface area contributed by atoms with Crippen LogP contribution in [0, 0.1) is 5.41 Å². The second-order valence-corrected chi connectivity index (χ2v) is 11.4. The van der Waals surface area contributed by atoms with E-state index in [2.05, 4.69) is 24.5 Å². The SMILES string of the molecule is COc1cccc(C2C3=C(CC(C)(C)CC3=O)Nc3ccccc3N2CC(=O)NCc2ccccc2Cl)c1OC. The maximum Gasteiger partial charge on any atom is 0.239 e.